The van der Waals surface area contributed by atoms with Crippen molar-refractivity contribution < 1.29 is 41.8 Å². The van der Waals surface area contributed by atoms with Gasteiger partial charge < -0.3 is 18.9 Å². The first-order valence-electron chi connectivity index (χ1n) is 7.68. The lowest BCUT2D eigenvalue weighted by Gasteiger charge is -2.12. The summed E-state index contributed by atoms with van der Waals surface area (Å²) in [7, 11) is 1.12. The summed E-state index contributed by atoms with van der Waals surface area (Å²) in [6.45, 7) is -3.62. The number of carbonyl (C=O) groups is 1. The van der Waals surface area contributed by atoms with Crippen molar-refractivity contribution in [2.24, 2.45) is 0 Å². The summed E-state index contributed by atoms with van der Waals surface area (Å²) >= 11 is 0. The largest absolute Gasteiger partial charge is 0.493 e. The van der Waals surface area contributed by atoms with Crippen LogP contribution in [0.5, 0.6) is 17.2 Å². The van der Waals surface area contributed by atoms with Crippen LogP contribution in [0.4, 0.5) is 18.9 Å². The Labute approximate surface area is 156 Å². The fourth-order valence-corrected chi connectivity index (χ4v) is 2.11. The molecule has 0 fully saturated rings. The van der Waals surface area contributed by atoms with Crippen LogP contribution in [-0.4, -0.2) is 37.8 Å². The van der Waals surface area contributed by atoms with Crippen LogP contribution in [0.15, 0.2) is 36.4 Å². The number of hydrogen-bond acceptors (Lipinski definition) is 7. The highest BCUT2D eigenvalue weighted by Crippen LogP contribution is 2.36. The number of esters is 1. The van der Waals surface area contributed by atoms with Crippen molar-refractivity contribution in [2.45, 2.75) is 6.61 Å². The van der Waals surface area contributed by atoms with Gasteiger partial charge in [0.1, 0.15) is 30.3 Å². The van der Waals surface area contributed by atoms with Crippen molar-refractivity contribution in [3.8, 4) is 17.2 Å². The van der Waals surface area contributed by atoms with Crippen LogP contribution in [0, 0.1) is 15.9 Å². The second kappa shape index (κ2) is 9.44. The first-order valence-corrected chi connectivity index (χ1v) is 7.68. The minimum absolute atomic E-state index is 0.102. The molecule has 0 unspecified atom stereocenters. The SMILES string of the molecule is COc1cc(C(=O)OCCOc2ccc(F)cc2)c([N+](=O)[O-])cc1OC(F)F. The van der Waals surface area contributed by atoms with Crippen LogP contribution in [0.1, 0.15) is 10.4 Å². The molecule has 0 saturated heterocycles. The number of alkyl halides is 2. The predicted octanol–water partition coefficient (Wildman–Crippen LogP) is 3.58. The highest BCUT2D eigenvalue weighted by atomic mass is 19.3. The van der Waals surface area contributed by atoms with Gasteiger partial charge in [-0.05, 0) is 24.3 Å². The normalized spacial score (nSPS) is 10.5. The van der Waals surface area contributed by atoms with E-state index in [4.69, 9.17) is 14.2 Å². The third kappa shape index (κ3) is 5.50. The molecule has 0 N–H and O–H groups in total. The maximum Gasteiger partial charge on any atom is 0.387 e. The van der Waals surface area contributed by atoms with Gasteiger partial charge in [0.25, 0.3) is 5.69 Å². The molecule has 0 radical (unpaired) electrons. The molecule has 2 aromatic rings. The van der Waals surface area contributed by atoms with Gasteiger partial charge in [-0.15, -0.1) is 0 Å². The third-order valence-electron chi connectivity index (χ3n) is 3.31. The molecular weight excluding hydrogens is 387 g/mol. The van der Waals surface area contributed by atoms with Gasteiger partial charge in [-0.3, -0.25) is 10.1 Å². The van der Waals surface area contributed by atoms with Crippen LogP contribution < -0.4 is 14.2 Å². The Kier molecular flexibility index (Phi) is 7.02. The molecule has 0 atom stereocenters. The van der Waals surface area contributed by atoms with Crippen molar-refractivity contribution in [3.05, 3.63) is 57.9 Å². The minimum Gasteiger partial charge on any atom is -0.493 e. The van der Waals surface area contributed by atoms with Crippen molar-refractivity contribution in [2.75, 3.05) is 20.3 Å². The van der Waals surface area contributed by atoms with Gasteiger partial charge in [-0.25, -0.2) is 9.18 Å². The summed E-state index contributed by atoms with van der Waals surface area (Å²) in [5, 5.41) is 11.2. The topological polar surface area (TPSA) is 97.1 Å². The Morgan fingerprint density at radius 1 is 1.14 bits per heavy atom. The summed E-state index contributed by atoms with van der Waals surface area (Å²) in [4.78, 5) is 22.4. The highest BCUT2D eigenvalue weighted by Gasteiger charge is 2.27. The molecule has 0 aliphatic heterocycles. The number of nitro groups is 1. The average Bonchev–Trinajstić information content (AvgIpc) is 2.65. The molecule has 0 bridgehead atoms. The van der Waals surface area contributed by atoms with Gasteiger partial charge in [0.05, 0.1) is 18.1 Å². The summed E-state index contributed by atoms with van der Waals surface area (Å²) in [6, 6.07) is 6.62. The number of nitro benzene ring substituents is 1. The van der Waals surface area contributed by atoms with Gasteiger partial charge in [-0.2, -0.15) is 8.78 Å². The predicted molar refractivity (Wildman–Crippen MR) is 88.5 cm³/mol. The molecule has 2 rings (SSSR count). The van der Waals surface area contributed by atoms with Crippen LogP contribution >= 0.6 is 0 Å². The van der Waals surface area contributed by atoms with Crippen molar-refractivity contribution in [1.29, 1.82) is 0 Å². The molecule has 0 spiro atoms. The lowest BCUT2D eigenvalue weighted by Crippen LogP contribution is -2.14. The maximum absolute atomic E-state index is 12.8. The molecule has 0 aromatic heterocycles. The van der Waals surface area contributed by atoms with Crippen molar-refractivity contribution in [3.63, 3.8) is 0 Å². The lowest BCUT2D eigenvalue weighted by atomic mass is 10.1. The van der Waals surface area contributed by atoms with E-state index in [2.05, 4.69) is 4.74 Å². The number of halogens is 3. The molecule has 0 aliphatic carbocycles. The van der Waals surface area contributed by atoms with E-state index in [-0.39, 0.29) is 19.0 Å². The quantitative estimate of drug-likeness (QED) is 0.274. The molecule has 28 heavy (non-hydrogen) atoms. The zero-order chi connectivity index (χ0) is 20.7. The van der Waals surface area contributed by atoms with Gasteiger partial charge in [0, 0.05) is 6.07 Å². The van der Waals surface area contributed by atoms with E-state index < -0.39 is 40.3 Å². The molecule has 2 aromatic carbocycles. The van der Waals surface area contributed by atoms with E-state index >= 15 is 0 Å². The van der Waals surface area contributed by atoms with E-state index in [1.807, 2.05) is 0 Å². The molecule has 0 amide bonds. The Balaban J connectivity index is 2.08. The molecule has 0 heterocycles. The van der Waals surface area contributed by atoms with Crippen molar-refractivity contribution >= 4 is 11.7 Å². The van der Waals surface area contributed by atoms with E-state index in [9.17, 15) is 28.1 Å². The number of benzene rings is 2. The van der Waals surface area contributed by atoms with Gasteiger partial charge in [0.2, 0.25) is 0 Å². The zero-order valence-corrected chi connectivity index (χ0v) is 14.4. The number of rotatable bonds is 9. The Morgan fingerprint density at radius 3 is 2.39 bits per heavy atom. The average molecular weight is 401 g/mol. The summed E-state index contributed by atoms with van der Waals surface area (Å²) in [5.41, 5.74) is -1.30. The first kappa shape index (κ1) is 20.8. The van der Waals surface area contributed by atoms with Gasteiger partial charge in [-0.1, -0.05) is 0 Å². The lowest BCUT2D eigenvalue weighted by molar-refractivity contribution is -0.385. The summed E-state index contributed by atoms with van der Waals surface area (Å²) in [5.74, 6) is -2.10. The number of ether oxygens (including phenoxy) is 4. The first-order chi connectivity index (χ1) is 13.3. The van der Waals surface area contributed by atoms with Crippen LogP contribution in [0.3, 0.4) is 0 Å². The second-order valence-corrected chi connectivity index (χ2v) is 5.09. The van der Waals surface area contributed by atoms with E-state index in [1.165, 1.54) is 24.3 Å². The monoisotopic (exact) mass is 401 g/mol. The molecule has 0 aliphatic rings. The van der Waals surface area contributed by atoms with Gasteiger partial charge in [0.15, 0.2) is 11.5 Å². The van der Waals surface area contributed by atoms with Gasteiger partial charge >= 0.3 is 12.6 Å². The Bertz CT molecular complexity index is 843. The number of carbonyl (C=O) groups excluding carboxylic acids is 1. The third-order valence-corrected chi connectivity index (χ3v) is 3.31. The van der Waals surface area contributed by atoms with Crippen LogP contribution in [-0.2, 0) is 4.74 Å². The van der Waals surface area contributed by atoms with E-state index in [0.717, 1.165) is 13.2 Å². The molecule has 150 valence electrons. The number of hydrogen-bond donors (Lipinski definition) is 0. The zero-order valence-electron chi connectivity index (χ0n) is 14.4. The molecular formula is C17H14F3NO7. The Morgan fingerprint density at radius 2 is 1.82 bits per heavy atom. The number of methoxy groups -OCH3 is 1. The minimum atomic E-state index is -3.24. The fraction of sp³-hybridized carbons (Fsp3) is 0.235. The maximum atomic E-state index is 12.8. The van der Waals surface area contributed by atoms with E-state index in [0.29, 0.717) is 11.8 Å². The standard InChI is InChI=1S/C17H14F3NO7/c1-25-14-8-12(13(21(23)24)9-15(14)28-17(19)20)16(22)27-7-6-26-11-4-2-10(18)3-5-11/h2-5,8-9,17H,6-7H2,1H3. The Hall–Kier alpha value is -3.50. The van der Waals surface area contributed by atoms with Crippen molar-refractivity contribution in [1.82, 2.24) is 0 Å². The molecule has 0 saturated carbocycles. The van der Waals surface area contributed by atoms with Crippen LogP contribution in [0.25, 0.3) is 0 Å². The van der Waals surface area contributed by atoms with E-state index in [1.54, 1.807) is 0 Å². The smallest absolute Gasteiger partial charge is 0.387 e. The fourth-order valence-electron chi connectivity index (χ4n) is 2.11. The summed E-state index contributed by atoms with van der Waals surface area (Å²) in [6.07, 6.45) is 0. The number of nitrogens with zero attached hydrogens (tertiary/aromatic N) is 1. The molecule has 11 heteroatoms. The second-order valence-electron chi connectivity index (χ2n) is 5.09. The molecule has 8 nitrogen and oxygen atoms in total. The van der Waals surface area contributed by atoms with Crippen LogP contribution in [0.2, 0.25) is 0 Å². The summed E-state index contributed by atoms with van der Waals surface area (Å²) < 4.78 is 56.7. The highest BCUT2D eigenvalue weighted by molar-refractivity contribution is 5.95.